The third-order valence-electron chi connectivity index (χ3n) is 3.25. The second-order valence-corrected chi connectivity index (χ2v) is 5.71. The highest BCUT2D eigenvalue weighted by atomic mass is 35.5. The number of anilines is 1. The molecule has 0 aliphatic carbocycles. The number of hydrogen-bond donors (Lipinski definition) is 2. The molecule has 1 heterocycles. The van der Waals surface area contributed by atoms with Crippen LogP contribution in [0.2, 0.25) is 10.0 Å². The quantitative estimate of drug-likeness (QED) is 0.450. The van der Waals surface area contributed by atoms with E-state index in [0.717, 1.165) is 16.9 Å². The summed E-state index contributed by atoms with van der Waals surface area (Å²) in [7, 11) is 1.50. The summed E-state index contributed by atoms with van der Waals surface area (Å²) in [4.78, 5) is 4.37. The van der Waals surface area contributed by atoms with Gasteiger partial charge in [0.2, 0.25) is 0 Å². The molecule has 0 fully saturated rings. The summed E-state index contributed by atoms with van der Waals surface area (Å²) >= 11 is 12.2. The van der Waals surface area contributed by atoms with Crippen LogP contribution in [-0.4, -0.2) is 18.7 Å². The van der Waals surface area contributed by atoms with Gasteiger partial charge in [0.25, 0.3) is 0 Å². The molecule has 0 aliphatic rings. The van der Waals surface area contributed by atoms with Crippen LogP contribution < -0.4 is 15.9 Å². The van der Waals surface area contributed by atoms with Crippen LogP contribution in [0.3, 0.4) is 0 Å². The van der Waals surface area contributed by atoms with Crippen molar-refractivity contribution in [3.05, 3.63) is 70.8 Å². The zero-order chi connectivity index (χ0) is 18.9. The van der Waals surface area contributed by atoms with E-state index < -0.39 is 0 Å². The number of pyridine rings is 1. The summed E-state index contributed by atoms with van der Waals surface area (Å²) in [6, 6.07) is 16.2. The van der Waals surface area contributed by atoms with Gasteiger partial charge in [-0.1, -0.05) is 23.2 Å². The molecular weight excluding hydrogens is 371 g/mol. The van der Waals surface area contributed by atoms with E-state index in [9.17, 15) is 0 Å². The summed E-state index contributed by atoms with van der Waals surface area (Å²) in [5, 5.41) is 4.81. The van der Waals surface area contributed by atoms with Gasteiger partial charge in [-0.2, -0.15) is 5.10 Å². The smallest absolute Gasteiger partial charge is 0.146 e. The normalized spacial score (nSPS) is 9.69. The molecule has 7 heteroatoms. The van der Waals surface area contributed by atoms with Crippen molar-refractivity contribution in [2.45, 2.75) is 0 Å². The first kappa shape index (κ1) is 19.7. The van der Waals surface area contributed by atoms with Gasteiger partial charge in [0, 0.05) is 23.5 Å². The number of halogens is 2. The van der Waals surface area contributed by atoms with E-state index >= 15 is 0 Å². The van der Waals surface area contributed by atoms with Crippen molar-refractivity contribution in [1.29, 1.82) is 0 Å². The van der Waals surface area contributed by atoms with Crippen LogP contribution in [0.15, 0.2) is 65.9 Å². The number of aromatic nitrogens is 1. The zero-order valence-electron chi connectivity index (χ0n) is 14.1. The van der Waals surface area contributed by atoms with Crippen molar-refractivity contribution in [1.82, 2.24) is 4.98 Å². The molecule has 3 rings (SSSR count). The summed E-state index contributed by atoms with van der Waals surface area (Å²) < 4.78 is 5.78. The van der Waals surface area contributed by atoms with Gasteiger partial charge in [0.05, 0.1) is 16.4 Å². The predicted octanol–water partition coefficient (Wildman–Crippen LogP) is 5.45. The molecule has 1 aromatic heterocycles. The standard InChI is InChI=1S/C18H13Cl2N3O.CH5N/c1-21-23-16-3-2-10-22-18(16)12-4-9-17(15(20)11-12)24-14-7-5-13(19)6-8-14;1-2/h2-11,23H,1H2;2H2,1H3. The zero-order valence-corrected chi connectivity index (χ0v) is 15.6. The molecule has 0 saturated heterocycles. The lowest BCUT2D eigenvalue weighted by Gasteiger charge is -2.11. The number of benzene rings is 2. The summed E-state index contributed by atoms with van der Waals surface area (Å²) in [5.41, 5.74) is 9.63. The number of nitrogens with two attached hydrogens (primary N) is 1. The van der Waals surface area contributed by atoms with Crippen molar-refractivity contribution < 1.29 is 4.74 Å². The average Bonchev–Trinajstić information content (AvgIpc) is 2.67. The Bertz CT molecular complexity index is 870. The highest BCUT2D eigenvalue weighted by Gasteiger charge is 2.10. The van der Waals surface area contributed by atoms with Crippen LogP contribution in [0.5, 0.6) is 11.5 Å². The number of ether oxygens (including phenoxy) is 1. The summed E-state index contributed by atoms with van der Waals surface area (Å²) in [5.74, 6) is 1.21. The minimum Gasteiger partial charge on any atom is -0.456 e. The first-order valence-corrected chi connectivity index (χ1v) is 8.41. The second kappa shape index (κ2) is 9.77. The summed E-state index contributed by atoms with van der Waals surface area (Å²) in [6.45, 7) is 3.43. The number of hydrazone groups is 1. The van der Waals surface area contributed by atoms with Gasteiger partial charge in [-0.25, -0.2) is 0 Å². The largest absolute Gasteiger partial charge is 0.456 e. The first-order chi connectivity index (χ1) is 12.7. The van der Waals surface area contributed by atoms with Crippen LogP contribution in [0, 0.1) is 0 Å². The Balaban J connectivity index is 0.00000117. The highest BCUT2D eigenvalue weighted by Crippen LogP contribution is 2.35. The monoisotopic (exact) mass is 388 g/mol. The molecule has 134 valence electrons. The Morgan fingerprint density at radius 2 is 1.81 bits per heavy atom. The third kappa shape index (κ3) is 4.95. The van der Waals surface area contributed by atoms with E-state index in [2.05, 4.69) is 28.0 Å². The van der Waals surface area contributed by atoms with Crippen molar-refractivity contribution in [3.8, 4) is 22.8 Å². The maximum absolute atomic E-state index is 6.35. The molecule has 0 radical (unpaired) electrons. The lowest BCUT2D eigenvalue weighted by Crippen LogP contribution is -1.94. The van der Waals surface area contributed by atoms with Gasteiger partial charge in [0.1, 0.15) is 11.5 Å². The van der Waals surface area contributed by atoms with Crippen molar-refractivity contribution in [3.63, 3.8) is 0 Å². The van der Waals surface area contributed by atoms with Gasteiger partial charge in [0.15, 0.2) is 0 Å². The Morgan fingerprint density at radius 1 is 1.08 bits per heavy atom. The van der Waals surface area contributed by atoms with Gasteiger partial charge in [-0.05, 0) is 61.6 Å². The fourth-order valence-electron chi connectivity index (χ4n) is 2.17. The van der Waals surface area contributed by atoms with E-state index in [1.807, 2.05) is 18.2 Å². The molecular formula is C19H18Cl2N4O. The van der Waals surface area contributed by atoms with Gasteiger partial charge in [-0.3, -0.25) is 10.4 Å². The Kier molecular flexibility index (Phi) is 7.41. The predicted molar refractivity (Wildman–Crippen MR) is 109 cm³/mol. The topological polar surface area (TPSA) is 72.5 Å². The van der Waals surface area contributed by atoms with Crippen LogP contribution in [0.25, 0.3) is 11.3 Å². The second-order valence-electron chi connectivity index (χ2n) is 4.87. The Labute approximate surface area is 162 Å². The van der Waals surface area contributed by atoms with E-state index in [-0.39, 0.29) is 0 Å². The molecule has 0 bridgehead atoms. The minimum absolute atomic E-state index is 0.477. The highest BCUT2D eigenvalue weighted by molar-refractivity contribution is 6.32. The fourth-order valence-corrected chi connectivity index (χ4v) is 2.52. The number of nitrogens with zero attached hydrogens (tertiary/aromatic N) is 2. The maximum Gasteiger partial charge on any atom is 0.146 e. The minimum atomic E-state index is 0.477. The number of nitrogens with one attached hydrogen (secondary N) is 1. The average molecular weight is 389 g/mol. The SMILES string of the molecule is C=NNc1cccnc1-c1ccc(Oc2ccc(Cl)cc2)c(Cl)c1.CN. The molecule has 0 spiro atoms. The number of rotatable bonds is 5. The lowest BCUT2D eigenvalue weighted by atomic mass is 10.1. The van der Waals surface area contributed by atoms with Gasteiger partial charge in [-0.15, -0.1) is 0 Å². The van der Waals surface area contributed by atoms with E-state index in [1.165, 1.54) is 7.05 Å². The van der Waals surface area contributed by atoms with E-state index in [4.69, 9.17) is 27.9 Å². The van der Waals surface area contributed by atoms with E-state index in [0.29, 0.717) is 21.5 Å². The maximum atomic E-state index is 6.35. The molecule has 0 atom stereocenters. The van der Waals surface area contributed by atoms with Crippen molar-refractivity contribution in [2.24, 2.45) is 10.8 Å². The summed E-state index contributed by atoms with van der Waals surface area (Å²) in [6.07, 6.45) is 1.70. The third-order valence-corrected chi connectivity index (χ3v) is 3.80. The first-order valence-electron chi connectivity index (χ1n) is 7.65. The van der Waals surface area contributed by atoms with Crippen LogP contribution in [-0.2, 0) is 0 Å². The molecule has 2 aromatic carbocycles. The van der Waals surface area contributed by atoms with E-state index in [1.54, 1.807) is 42.6 Å². The Morgan fingerprint density at radius 3 is 2.46 bits per heavy atom. The molecule has 0 unspecified atom stereocenters. The Hall–Kier alpha value is -2.60. The fraction of sp³-hybridized carbons (Fsp3) is 0.0526. The number of hydrogen-bond acceptors (Lipinski definition) is 5. The van der Waals surface area contributed by atoms with Gasteiger partial charge >= 0.3 is 0 Å². The lowest BCUT2D eigenvalue weighted by molar-refractivity contribution is 0.483. The molecule has 3 N–H and O–H groups in total. The van der Waals surface area contributed by atoms with Crippen LogP contribution in [0.4, 0.5) is 5.69 Å². The molecule has 0 amide bonds. The molecule has 0 saturated carbocycles. The van der Waals surface area contributed by atoms with Gasteiger partial charge < -0.3 is 10.5 Å². The van der Waals surface area contributed by atoms with Crippen molar-refractivity contribution >= 4 is 35.6 Å². The molecule has 26 heavy (non-hydrogen) atoms. The van der Waals surface area contributed by atoms with Crippen LogP contribution in [0.1, 0.15) is 0 Å². The molecule has 5 nitrogen and oxygen atoms in total. The molecule has 3 aromatic rings. The van der Waals surface area contributed by atoms with Crippen LogP contribution >= 0.6 is 23.2 Å². The van der Waals surface area contributed by atoms with Crippen molar-refractivity contribution in [2.75, 3.05) is 12.5 Å². The molecule has 0 aliphatic heterocycles.